The Bertz CT molecular complexity index is 309. The molecule has 1 aromatic heterocycles. The van der Waals surface area contributed by atoms with Gasteiger partial charge in [0.05, 0.1) is 6.61 Å². The molecule has 6 nitrogen and oxygen atoms in total. The van der Waals surface area contributed by atoms with Gasteiger partial charge in [-0.1, -0.05) is 0 Å². The molecule has 0 radical (unpaired) electrons. The molecule has 6 heteroatoms. The molecular formula is C11H20N4O2. The molecule has 0 aliphatic rings. The lowest BCUT2D eigenvalue weighted by atomic mass is 10.4. The lowest BCUT2D eigenvalue weighted by Crippen LogP contribution is -2.12. The van der Waals surface area contributed by atoms with Crippen molar-refractivity contribution in [3.63, 3.8) is 0 Å². The van der Waals surface area contributed by atoms with Crippen molar-refractivity contribution in [3.8, 4) is 0 Å². The summed E-state index contributed by atoms with van der Waals surface area (Å²) in [6.07, 6.45) is 2.67. The zero-order valence-corrected chi connectivity index (χ0v) is 10.4. The van der Waals surface area contributed by atoms with Gasteiger partial charge in [0.15, 0.2) is 0 Å². The van der Waals surface area contributed by atoms with E-state index in [1.54, 1.807) is 20.4 Å². The Labute approximate surface area is 102 Å². The van der Waals surface area contributed by atoms with Crippen LogP contribution in [0.15, 0.2) is 12.3 Å². The summed E-state index contributed by atoms with van der Waals surface area (Å²) in [5, 5.41) is 6.28. The molecule has 0 bridgehead atoms. The molecule has 1 aromatic rings. The maximum Gasteiger partial charge on any atom is 0.224 e. The van der Waals surface area contributed by atoms with Gasteiger partial charge in [-0.3, -0.25) is 0 Å². The summed E-state index contributed by atoms with van der Waals surface area (Å²) in [6.45, 7) is 2.91. The van der Waals surface area contributed by atoms with Crippen molar-refractivity contribution in [2.45, 2.75) is 6.42 Å². The Kier molecular flexibility index (Phi) is 7.01. The van der Waals surface area contributed by atoms with Crippen LogP contribution in [0.4, 0.5) is 11.8 Å². The van der Waals surface area contributed by atoms with E-state index in [9.17, 15) is 0 Å². The molecule has 0 aliphatic carbocycles. The summed E-state index contributed by atoms with van der Waals surface area (Å²) in [5.74, 6) is 1.43. The van der Waals surface area contributed by atoms with Crippen molar-refractivity contribution < 1.29 is 9.47 Å². The van der Waals surface area contributed by atoms with E-state index in [4.69, 9.17) is 9.47 Å². The van der Waals surface area contributed by atoms with E-state index in [1.165, 1.54) is 0 Å². The molecule has 2 N–H and O–H groups in total. The first-order chi connectivity index (χ1) is 8.36. The minimum Gasteiger partial charge on any atom is -0.385 e. The minimum atomic E-state index is 0.610. The third-order valence-corrected chi connectivity index (χ3v) is 2.08. The second kappa shape index (κ2) is 8.72. The van der Waals surface area contributed by atoms with Crippen LogP contribution < -0.4 is 10.6 Å². The zero-order valence-electron chi connectivity index (χ0n) is 10.4. The summed E-state index contributed by atoms with van der Waals surface area (Å²) in [4.78, 5) is 8.43. The standard InChI is InChI=1S/C11H20N4O2/c1-16-8-3-5-12-10-4-6-13-11(15-10)14-7-9-17-2/h4,6H,3,5,7-9H2,1-2H3,(H2,12,13,14,15). The molecule has 0 saturated heterocycles. The van der Waals surface area contributed by atoms with E-state index in [0.717, 1.165) is 25.4 Å². The molecule has 0 unspecified atom stereocenters. The Hall–Kier alpha value is -1.40. The molecule has 1 rings (SSSR count). The molecule has 0 fully saturated rings. The van der Waals surface area contributed by atoms with Gasteiger partial charge in [-0.2, -0.15) is 4.98 Å². The fourth-order valence-corrected chi connectivity index (χ4v) is 1.24. The molecule has 0 spiro atoms. The minimum absolute atomic E-state index is 0.610. The number of nitrogens with one attached hydrogen (secondary N) is 2. The van der Waals surface area contributed by atoms with Crippen molar-refractivity contribution in [3.05, 3.63) is 12.3 Å². The summed E-state index contributed by atoms with van der Waals surface area (Å²) >= 11 is 0. The van der Waals surface area contributed by atoms with Gasteiger partial charge >= 0.3 is 0 Å². The van der Waals surface area contributed by atoms with Crippen LogP contribution in [0.5, 0.6) is 0 Å². The maximum atomic E-state index is 4.97. The normalized spacial score (nSPS) is 10.2. The third-order valence-electron chi connectivity index (χ3n) is 2.08. The number of anilines is 2. The molecule has 0 saturated carbocycles. The summed E-state index contributed by atoms with van der Waals surface area (Å²) in [5.41, 5.74) is 0. The Balaban J connectivity index is 2.31. The smallest absolute Gasteiger partial charge is 0.224 e. The largest absolute Gasteiger partial charge is 0.385 e. The number of rotatable bonds is 9. The predicted molar refractivity (Wildman–Crippen MR) is 67.4 cm³/mol. The van der Waals surface area contributed by atoms with Crippen LogP contribution in [0.25, 0.3) is 0 Å². The molecule has 1 heterocycles. The molecular weight excluding hydrogens is 220 g/mol. The van der Waals surface area contributed by atoms with Crippen LogP contribution in [0.2, 0.25) is 0 Å². The molecule has 96 valence electrons. The predicted octanol–water partition coefficient (Wildman–Crippen LogP) is 0.983. The maximum absolute atomic E-state index is 4.97. The van der Waals surface area contributed by atoms with Crippen LogP contribution >= 0.6 is 0 Å². The first-order valence-corrected chi connectivity index (χ1v) is 5.65. The summed E-state index contributed by atoms with van der Waals surface area (Å²) in [6, 6.07) is 1.84. The van der Waals surface area contributed by atoms with Crippen molar-refractivity contribution in [1.82, 2.24) is 9.97 Å². The molecule has 0 amide bonds. The highest BCUT2D eigenvalue weighted by Crippen LogP contribution is 2.05. The molecule has 0 aromatic carbocycles. The summed E-state index contributed by atoms with van der Waals surface area (Å²) < 4.78 is 9.91. The van der Waals surface area contributed by atoms with Crippen molar-refractivity contribution in [1.29, 1.82) is 0 Å². The van der Waals surface area contributed by atoms with Gasteiger partial charge in [0, 0.05) is 40.1 Å². The number of ether oxygens (including phenoxy) is 2. The Morgan fingerprint density at radius 3 is 2.71 bits per heavy atom. The first-order valence-electron chi connectivity index (χ1n) is 5.65. The lowest BCUT2D eigenvalue weighted by molar-refractivity contribution is 0.198. The van der Waals surface area contributed by atoms with Gasteiger partial charge in [-0.05, 0) is 12.5 Å². The van der Waals surface area contributed by atoms with E-state index in [1.807, 2.05) is 6.07 Å². The topological polar surface area (TPSA) is 68.3 Å². The van der Waals surface area contributed by atoms with Crippen LogP contribution in [-0.2, 0) is 9.47 Å². The van der Waals surface area contributed by atoms with Crippen LogP contribution in [0.3, 0.4) is 0 Å². The highest BCUT2D eigenvalue weighted by atomic mass is 16.5. The Morgan fingerprint density at radius 1 is 1.12 bits per heavy atom. The van der Waals surface area contributed by atoms with Gasteiger partial charge in [0.25, 0.3) is 0 Å². The van der Waals surface area contributed by atoms with Gasteiger partial charge < -0.3 is 20.1 Å². The monoisotopic (exact) mass is 240 g/mol. The van der Waals surface area contributed by atoms with E-state index < -0.39 is 0 Å². The Morgan fingerprint density at radius 2 is 1.94 bits per heavy atom. The lowest BCUT2D eigenvalue weighted by Gasteiger charge is -2.07. The zero-order chi connectivity index (χ0) is 12.3. The third kappa shape index (κ3) is 6.03. The number of aromatic nitrogens is 2. The number of hydrogen-bond acceptors (Lipinski definition) is 6. The summed E-state index contributed by atoms with van der Waals surface area (Å²) in [7, 11) is 3.36. The van der Waals surface area contributed by atoms with Crippen LogP contribution in [-0.4, -0.2) is 50.5 Å². The van der Waals surface area contributed by atoms with E-state index >= 15 is 0 Å². The van der Waals surface area contributed by atoms with E-state index in [0.29, 0.717) is 19.1 Å². The fraction of sp³-hybridized carbons (Fsp3) is 0.636. The average Bonchev–Trinajstić information content (AvgIpc) is 2.36. The molecule has 0 aliphatic heterocycles. The van der Waals surface area contributed by atoms with Crippen LogP contribution in [0.1, 0.15) is 6.42 Å². The van der Waals surface area contributed by atoms with Crippen LogP contribution in [0, 0.1) is 0 Å². The van der Waals surface area contributed by atoms with Gasteiger partial charge in [0.1, 0.15) is 5.82 Å². The van der Waals surface area contributed by atoms with E-state index in [2.05, 4.69) is 20.6 Å². The van der Waals surface area contributed by atoms with E-state index in [-0.39, 0.29) is 0 Å². The second-order valence-electron chi connectivity index (χ2n) is 3.46. The highest BCUT2D eigenvalue weighted by molar-refractivity contribution is 5.39. The number of methoxy groups -OCH3 is 2. The quantitative estimate of drug-likeness (QED) is 0.627. The van der Waals surface area contributed by atoms with Gasteiger partial charge in [-0.25, -0.2) is 4.98 Å². The highest BCUT2D eigenvalue weighted by Gasteiger charge is 1.97. The molecule has 17 heavy (non-hydrogen) atoms. The SMILES string of the molecule is COCCCNc1ccnc(NCCOC)n1. The second-order valence-corrected chi connectivity index (χ2v) is 3.46. The van der Waals surface area contributed by atoms with Gasteiger partial charge in [0.2, 0.25) is 5.95 Å². The number of hydrogen-bond donors (Lipinski definition) is 2. The molecule has 0 atom stereocenters. The van der Waals surface area contributed by atoms with Crippen molar-refractivity contribution in [2.24, 2.45) is 0 Å². The van der Waals surface area contributed by atoms with Crippen molar-refractivity contribution in [2.75, 3.05) is 51.2 Å². The van der Waals surface area contributed by atoms with Gasteiger partial charge in [-0.15, -0.1) is 0 Å². The number of nitrogens with zero attached hydrogens (tertiary/aromatic N) is 2. The average molecular weight is 240 g/mol. The first kappa shape index (κ1) is 13.7. The fourth-order valence-electron chi connectivity index (χ4n) is 1.24. The van der Waals surface area contributed by atoms with Crippen molar-refractivity contribution >= 4 is 11.8 Å².